The number of aliphatic carboxylic acids is 1. The smallest absolute Gasteiger partial charge is 0.306 e. The van der Waals surface area contributed by atoms with Crippen LogP contribution in [0.1, 0.15) is 43.2 Å². The predicted octanol–water partition coefficient (Wildman–Crippen LogP) is 2.40. The minimum Gasteiger partial charge on any atom is -0.481 e. The first kappa shape index (κ1) is 14.1. The van der Waals surface area contributed by atoms with Crippen molar-refractivity contribution in [3.8, 4) is 0 Å². The van der Waals surface area contributed by atoms with Crippen LogP contribution in [-0.4, -0.2) is 23.0 Å². The van der Waals surface area contributed by atoms with Gasteiger partial charge in [-0.3, -0.25) is 9.59 Å². The van der Waals surface area contributed by atoms with Gasteiger partial charge in [0.1, 0.15) is 0 Å². The molecular weight excluding hydrogens is 266 g/mol. The van der Waals surface area contributed by atoms with E-state index in [9.17, 15) is 9.59 Å². The molecule has 4 heteroatoms. The van der Waals surface area contributed by atoms with Gasteiger partial charge in [-0.25, -0.2) is 0 Å². The fourth-order valence-electron chi connectivity index (χ4n) is 3.38. The molecule has 0 saturated heterocycles. The molecule has 2 saturated carbocycles. The first-order chi connectivity index (χ1) is 10.0. The summed E-state index contributed by atoms with van der Waals surface area (Å²) in [5, 5.41) is 12.1. The SMILES string of the molecule is Cc1cccc(C2(C(=O)N[C@H]3CC[C@@H](C(=O)O)C3)CC2)c1. The average Bonchev–Trinajstić information content (AvgIpc) is 3.13. The van der Waals surface area contributed by atoms with E-state index in [2.05, 4.69) is 11.4 Å². The predicted molar refractivity (Wildman–Crippen MR) is 79.0 cm³/mol. The van der Waals surface area contributed by atoms with Crippen LogP contribution < -0.4 is 5.32 Å². The number of hydrogen-bond acceptors (Lipinski definition) is 2. The van der Waals surface area contributed by atoms with Crippen LogP contribution in [0.4, 0.5) is 0 Å². The normalized spacial score (nSPS) is 26.3. The third-order valence-corrected chi connectivity index (χ3v) is 4.87. The molecule has 1 aromatic carbocycles. The largest absolute Gasteiger partial charge is 0.481 e. The number of carbonyl (C=O) groups is 2. The van der Waals surface area contributed by atoms with E-state index in [0.29, 0.717) is 12.8 Å². The van der Waals surface area contributed by atoms with Gasteiger partial charge in [-0.15, -0.1) is 0 Å². The van der Waals surface area contributed by atoms with E-state index < -0.39 is 5.97 Å². The van der Waals surface area contributed by atoms with Crippen LogP contribution in [0, 0.1) is 12.8 Å². The van der Waals surface area contributed by atoms with Gasteiger partial charge in [-0.05, 0) is 44.6 Å². The summed E-state index contributed by atoms with van der Waals surface area (Å²) in [5.41, 5.74) is 1.89. The highest BCUT2D eigenvalue weighted by Crippen LogP contribution is 2.48. The number of nitrogens with one attached hydrogen (secondary N) is 1. The molecule has 21 heavy (non-hydrogen) atoms. The van der Waals surface area contributed by atoms with Crippen molar-refractivity contribution in [3.63, 3.8) is 0 Å². The Morgan fingerprint density at radius 1 is 1.29 bits per heavy atom. The molecule has 0 radical (unpaired) electrons. The molecule has 2 fully saturated rings. The number of carboxylic acids is 1. The summed E-state index contributed by atoms with van der Waals surface area (Å²) in [6.45, 7) is 2.03. The second kappa shape index (κ2) is 5.17. The Labute approximate surface area is 124 Å². The fraction of sp³-hybridized carbons (Fsp3) is 0.529. The zero-order valence-corrected chi connectivity index (χ0v) is 12.3. The summed E-state index contributed by atoms with van der Waals surface area (Å²) < 4.78 is 0. The quantitative estimate of drug-likeness (QED) is 0.893. The second-order valence-electron chi connectivity index (χ2n) is 6.47. The van der Waals surface area contributed by atoms with Crippen LogP contribution >= 0.6 is 0 Å². The number of aryl methyl sites for hydroxylation is 1. The van der Waals surface area contributed by atoms with Gasteiger partial charge in [-0.1, -0.05) is 29.8 Å². The van der Waals surface area contributed by atoms with E-state index in [0.717, 1.165) is 24.8 Å². The molecule has 3 rings (SSSR count). The molecule has 1 aromatic rings. The summed E-state index contributed by atoms with van der Waals surface area (Å²) in [6.07, 6.45) is 3.77. The third kappa shape index (κ3) is 2.67. The van der Waals surface area contributed by atoms with Gasteiger partial charge in [0.15, 0.2) is 0 Å². The number of hydrogen-bond donors (Lipinski definition) is 2. The van der Waals surface area contributed by atoms with Gasteiger partial charge >= 0.3 is 5.97 Å². The van der Waals surface area contributed by atoms with E-state index in [1.165, 1.54) is 5.56 Å². The van der Waals surface area contributed by atoms with E-state index in [1.54, 1.807) is 0 Å². The van der Waals surface area contributed by atoms with Gasteiger partial charge in [0.25, 0.3) is 0 Å². The Bertz CT molecular complexity index is 577. The summed E-state index contributed by atoms with van der Waals surface area (Å²) in [6, 6.07) is 8.15. The summed E-state index contributed by atoms with van der Waals surface area (Å²) >= 11 is 0. The standard InChI is InChI=1S/C17H21NO3/c1-11-3-2-4-13(9-11)17(7-8-17)16(21)18-14-6-5-12(10-14)15(19)20/h2-4,9,12,14H,5-8,10H2,1H3,(H,18,21)(H,19,20)/t12-,14+/m1/s1. The second-order valence-corrected chi connectivity index (χ2v) is 6.47. The zero-order valence-electron chi connectivity index (χ0n) is 12.3. The number of carbonyl (C=O) groups excluding carboxylic acids is 1. The highest BCUT2D eigenvalue weighted by molar-refractivity contribution is 5.91. The Balaban J connectivity index is 1.67. The molecular formula is C17H21NO3. The van der Waals surface area contributed by atoms with E-state index in [1.807, 2.05) is 25.1 Å². The molecule has 0 aliphatic heterocycles. The van der Waals surface area contributed by atoms with Crippen molar-refractivity contribution >= 4 is 11.9 Å². The lowest BCUT2D eigenvalue weighted by molar-refractivity contribution is -0.141. The van der Waals surface area contributed by atoms with Crippen LogP contribution in [0.15, 0.2) is 24.3 Å². The van der Waals surface area contributed by atoms with Crippen molar-refractivity contribution in [2.24, 2.45) is 5.92 Å². The van der Waals surface area contributed by atoms with Crippen molar-refractivity contribution in [1.29, 1.82) is 0 Å². The first-order valence-corrected chi connectivity index (χ1v) is 7.62. The van der Waals surface area contributed by atoms with Crippen LogP contribution in [0.25, 0.3) is 0 Å². The molecule has 0 heterocycles. The molecule has 2 aliphatic carbocycles. The monoisotopic (exact) mass is 287 g/mol. The zero-order chi connectivity index (χ0) is 15.0. The van der Waals surface area contributed by atoms with Gasteiger partial charge in [0.05, 0.1) is 11.3 Å². The molecule has 0 unspecified atom stereocenters. The lowest BCUT2D eigenvalue weighted by atomic mass is 9.93. The van der Waals surface area contributed by atoms with Crippen molar-refractivity contribution in [2.45, 2.75) is 50.5 Å². The Morgan fingerprint density at radius 2 is 2.05 bits per heavy atom. The summed E-state index contributed by atoms with van der Waals surface area (Å²) in [7, 11) is 0. The highest BCUT2D eigenvalue weighted by atomic mass is 16.4. The summed E-state index contributed by atoms with van der Waals surface area (Å²) in [5.74, 6) is -0.972. The minimum atomic E-state index is -0.744. The molecule has 0 aromatic heterocycles. The number of amides is 1. The number of rotatable bonds is 4. The Hall–Kier alpha value is -1.84. The lowest BCUT2D eigenvalue weighted by Gasteiger charge is -2.20. The molecule has 2 atom stereocenters. The maximum Gasteiger partial charge on any atom is 0.306 e. The molecule has 112 valence electrons. The van der Waals surface area contributed by atoms with Gasteiger partial charge in [-0.2, -0.15) is 0 Å². The highest BCUT2D eigenvalue weighted by Gasteiger charge is 2.51. The number of carboxylic acid groups (broad SMARTS) is 1. The van der Waals surface area contributed by atoms with Crippen LogP contribution in [0.3, 0.4) is 0 Å². The molecule has 2 aliphatic rings. The van der Waals surface area contributed by atoms with Crippen molar-refractivity contribution < 1.29 is 14.7 Å². The van der Waals surface area contributed by atoms with Crippen LogP contribution in [0.2, 0.25) is 0 Å². The third-order valence-electron chi connectivity index (χ3n) is 4.87. The Kier molecular flexibility index (Phi) is 3.47. The Morgan fingerprint density at radius 3 is 2.62 bits per heavy atom. The van der Waals surface area contributed by atoms with Gasteiger partial charge in [0.2, 0.25) is 5.91 Å². The van der Waals surface area contributed by atoms with Crippen LogP contribution in [-0.2, 0) is 15.0 Å². The summed E-state index contributed by atoms with van der Waals surface area (Å²) in [4.78, 5) is 23.6. The van der Waals surface area contributed by atoms with E-state index in [-0.39, 0.29) is 23.3 Å². The maximum atomic E-state index is 12.6. The fourth-order valence-corrected chi connectivity index (χ4v) is 3.38. The van der Waals surface area contributed by atoms with Crippen molar-refractivity contribution in [1.82, 2.24) is 5.32 Å². The molecule has 1 amide bonds. The van der Waals surface area contributed by atoms with Gasteiger partial charge < -0.3 is 10.4 Å². The maximum absolute atomic E-state index is 12.6. The molecule has 2 N–H and O–H groups in total. The topological polar surface area (TPSA) is 66.4 Å². The van der Waals surface area contributed by atoms with Crippen LogP contribution in [0.5, 0.6) is 0 Å². The first-order valence-electron chi connectivity index (χ1n) is 7.62. The van der Waals surface area contributed by atoms with Crippen molar-refractivity contribution in [3.05, 3.63) is 35.4 Å². The van der Waals surface area contributed by atoms with Gasteiger partial charge in [0, 0.05) is 6.04 Å². The van der Waals surface area contributed by atoms with E-state index in [4.69, 9.17) is 5.11 Å². The number of benzene rings is 1. The molecule has 0 spiro atoms. The molecule has 0 bridgehead atoms. The lowest BCUT2D eigenvalue weighted by Crippen LogP contribution is -2.40. The molecule has 4 nitrogen and oxygen atoms in total. The minimum absolute atomic E-state index is 0.0147. The average molecular weight is 287 g/mol. The van der Waals surface area contributed by atoms with Crippen molar-refractivity contribution in [2.75, 3.05) is 0 Å². The van der Waals surface area contributed by atoms with E-state index >= 15 is 0 Å².